The number of aryl methyl sites for hydroxylation is 1. The summed E-state index contributed by atoms with van der Waals surface area (Å²) in [6.45, 7) is 1.92. The highest BCUT2D eigenvalue weighted by Gasteiger charge is 1.93. The van der Waals surface area contributed by atoms with Crippen molar-refractivity contribution >= 4 is 0 Å². The van der Waals surface area contributed by atoms with E-state index in [4.69, 9.17) is 5.73 Å². The second-order valence-corrected chi connectivity index (χ2v) is 4.39. The zero-order valence-corrected chi connectivity index (χ0v) is 10.3. The van der Waals surface area contributed by atoms with Crippen LogP contribution in [0.25, 0.3) is 0 Å². The van der Waals surface area contributed by atoms with Crippen molar-refractivity contribution < 1.29 is 0 Å². The van der Waals surface area contributed by atoms with E-state index in [0.717, 1.165) is 13.1 Å². The second kappa shape index (κ2) is 9.40. The van der Waals surface area contributed by atoms with Gasteiger partial charge in [-0.25, -0.2) is 0 Å². The van der Waals surface area contributed by atoms with Gasteiger partial charge in [0, 0.05) is 18.9 Å². The fourth-order valence-electron chi connectivity index (χ4n) is 1.91. The van der Waals surface area contributed by atoms with E-state index >= 15 is 0 Å². The predicted octanol–water partition coefficient (Wildman–Crippen LogP) is 2.96. The first kappa shape index (κ1) is 13.2. The summed E-state index contributed by atoms with van der Waals surface area (Å²) in [4.78, 5) is 0. The third kappa shape index (κ3) is 6.62. The Morgan fingerprint density at radius 3 is 2.06 bits per heavy atom. The lowest BCUT2D eigenvalue weighted by atomic mass is 10.1. The van der Waals surface area contributed by atoms with E-state index in [9.17, 15) is 0 Å². The Bertz CT molecular complexity index is 231. The molecule has 1 aromatic heterocycles. The third-order valence-corrected chi connectivity index (χ3v) is 2.90. The lowest BCUT2D eigenvalue weighted by molar-refractivity contribution is 0.519. The van der Waals surface area contributed by atoms with Gasteiger partial charge in [0.1, 0.15) is 0 Å². The molecule has 0 fully saturated rings. The van der Waals surface area contributed by atoms with Gasteiger partial charge in [-0.2, -0.15) is 5.10 Å². The number of nitrogens with two attached hydrogens (primary N) is 1. The van der Waals surface area contributed by atoms with E-state index in [1.807, 2.05) is 23.1 Å². The molecular weight excluding hydrogens is 198 g/mol. The van der Waals surface area contributed by atoms with Gasteiger partial charge in [0.25, 0.3) is 0 Å². The number of hydrogen-bond acceptors (Lipinski definition) is 2. The summed E-state index contributed by atoms with van der Waals surface area (Å²) in [5, 5.41) is 4.19. The van der Waals surface area contributed by atoms with Crippen molar-refractivity contribution in [2.75, 3.05) is 6.54 Å². The molecule has 0 atom stereocenters. The molecule has 0 radical (unpaired) electrons. The van der Waals surface area contributed by atoms with Gasteiger partial charge in [-0.05, 0) is 25.5 Å². The Morgan fingerprint density at radius 1 is 0.875 bits per heavy atom. The zero-order valence-electron chi connectivity index (χ0n) is 10.3. The number of nitrogens with zero attached hydrogens (tertiary/aromatic N) is 2. The Hall–Kier alpha value is -0.830. The van der Waals surface area contributed by atoms with Crippen LogP contribution in [-0.4, -0.2) is 16.3 Å². The summed E-state index contributed by atoms with van der Waals surface area (Å²) in [7, 11) is 0. The first-order valence-corrected chi connectivity index (χ1v) is 6.61. The van der Waals surface area contributed by atoms with Crippen LogP contribution in [0.4, 0.5) is 0 Å². The van der Waals surface area contributed by atoms with Crippen LogP contribution in [-0.2, 0) is 6.54 Å². The molecular formula is C13H25N3. The van der Waals surface area contributed by atoms with E-state index < -0.39 is 0 Å². The molecule has 2 N–H and O–H groups in total. The summed E-state index contributed by atoms with van der Waals surface area (Å²) in [6.07, 6.45) is 14.4. The summed E-state index contributed by atoms with van der Waals surface area (Å²) in [5.74, 6) is 0. The zero-order chi connectivity index (χ0) is 11.5. The number of aromatic nitrogens is 2. The van der Waals surface area contributed by atoms with E-state index in [0.29, 0.717) is 0 Å². The van der Waals surface area contributed by atoms with Gasteiger partial charge >= 0.3 is 0 Å². The standard InChI is InChI=1S/C13H25N3/c14-10-7-5-3-1-2-4-6-8-12-16-13-9-11-15-16/h9,11,13H,1-8,10,12,14H2. The van der Waals surface area contributed by atoms with Gasteiger partial charge in [0.15, 0.2) is 0 Å². The highest BCUT2D eigenvalue weighted by Crippen LogP contribution is 2.08. The van der Waals surface area contributed by atoms with Crippen molar-refractivity contribution in [2.24, 2.45) is 5.73 Å². The van der Waals surface area contributed by atoms with E-state index in [1.54, 1.807) is 0 Å². The average Bonchev–Trinajstić information content (AvgIpc) is 2.80. The maximum Gasteiger partial charge on any atom is 0.0489 e. The van der Waals surface area contributed by atoms with Crippen molar-refractivity contribution in [1.82, 2.24) is 9.78 Å². The Balaban J connectivity index is 1.78. The predicted molar refractivity (Wildman–Crippen MR) is 68.2 cm³/mol. The van der Waals surface area contributed by atoms with Crippen LogP contribution in [0.5, 0.6) is 0 Å². The fraction of sp³-hybridized carbons (Fsp3) is 0.769. The molecule has 0 aliphatic carbocycles. The molecule has 0 unspecified atom stereocenters. The average molecular weight is 223 g/mol. The second-order valence-electron chi connectivity index (χ2n) is 4.39. The van der Waals surface area contributed by atoms with Gasteiger partial charge in [0.2, 0.25) is 0 Å². The first-order chi connectivity index (χ1) is 7.93. The molecule has 0 aromatic carbocycles. The summed E-state index contributed by atoms with van der Waals surface area (Å²) >= 11 is 0. The SMILES string of the molecule is NCCCCCCCCCCn1cccn1. The molecule has 1 heterocycles. The van der Waals surface area contributed by atoms with Gasteiger partial charge < -0.3 is 5.73 Å². The Morgan fingerprint density at radius 2 is 1.50 bits per heavy atom. The lowest BCUT2D eigenvalue weighted by Crippen LogP contribution is -1.98. The number of unbranched alkanes of at least 4 members (excludes halogenated alkanes) is 7. The van der Waals surface area contributed by atoms with Gasteiger partial charge in [-0.3, -0.25) is 4.68 Å². The van der Waals surface area contributed by atoms with Gasteiger partial charge in [-0.15, -0.1) is 0 Å². The van der Waals surface area contributed by atoms with E-state index in [2.05, 4.69) is 5.10 Å². The monoisotopic (exact) mass is 223 g/mol. The molecule has 0 saturated carbocycles. The van der Waals surface area contributed by atoms with Crippen molar-refractivity contribution in [3.05, 3.63) is 18.5 Å². The van der Waals surface area contributed by atoms with Crippen molar-refractivity contribution in [1.29, 1.82) is 0 Å². The molecule has 3 nitrogen and oxygen atoms in total. The van der Waals surface area contributed by atoms with Crippen LogP contribution in [0, 0.1) is 0 Å². The topological polar surface area (TPSA) is 43.8 Å². The maximum atomic E-state index is 5.45. The molecule has 0 aliphatic heterocycles. The maximum absolute atomic E-state index is 5.45. The molecule has 3 heteroatoms. The van der Waals surface area contributed by atoms with Crippen LogP contribution >= 0.6 is 0 Å². The van der Waals surface area contributed by atoms with Crippen LogP contribution in [0.15, 0.2) is 18.5 Å². The number of rotatable bonds is 10. The summed E-state index contributed by atoms with van der Waals surface area (Å²) in [6, 6.07) is 1.98. The molecule has 1 rings (SSSR count). The number of hydrogen-bond donors (Lipinski definition) is 1. The minimum absolute atomic E-state index is 0.851. The normalized spacial score (nSPS) is 10.8. The van der Waals surface area contributed by atoms with Crippen molar-refractivity contribution in [3.8, 4) is 0 Å². The van der Waals surface area contributed by atoms with Crippen LogP contribution in [0.2, 0.25) is 0 Å². The molecule has 0 bridgehead atoms. The first-order valence-electron chi connectivity index (χ1n) is 6.61. The highest BCUT2D eigenvalue weighted by molar-refractivity contribution is 4.77. The molecule has 0 spiro atoms. The minimum Gasteiger partial charge on any atom is -0.330 e. The van der Waals surface area contributed by atoms with Crippen LogP contribution < -0.4 is 5.73 Å². The van der Waals surface area contributed by atoms with Gasteiger partial charge in [-0.1, -0.05) is 38.5 Å². The minimum atomic E-state index is 0.851. The third-order valence-electron chi connectivity index (χ3n) is 2.90. The molecule has 16 heavy (non-hydrogen) atoms. The Labute approximate surface area is 99.0 Å². The molecule has 92 valence electrons. The highest BCUT2D eigenvalue weighted by atomic mass is 15.3. The van der Waals surface area contributed by atoms with Crippen LogP contribution in [0.1, 0.15) is 51.4 Å². The van der Waals surface area contributed by atoms with Gasteiger partial charge in [0.05, 0.1) is 0 Å². The van der Waals surface area contributed by atoms with E-state index in [1.165, 1.54) is 51.4 Å². The quantitative estimate of drug-likeness (QED) is 0.620. The summed E-state index contributed by atoms with van der Waals surface area (Å²) in [5.41, 5.74) is 5.45. The molecule has 0 aliphatic rings. The van der Waals surface area contributed by atoms with Crippen LogP contribution in [0.3, 0.4) is 0 Å². The molecule has 0 amide bonds. The van der Waals surface area contributed by atoms with Crippen molar-refractivity contribution in [3.63, 3.8) is 0 Å². The Kier molecular flexibility index (Phi) is 7.78. The largest absolute Gasteiger partial charge is 0.330 e. The van der Waals surface area contributed by atoms with E-state index in [-0.39, 0.29) is 0 Å². The smallest absolute Gasteiger partial charge is 0.0489 e. The summed E-state index contributed by atoms with van der Waals surface area (Å²) < 4.78 is 2.02. The molecule has 1 aromatic rings. The lowest BCUT2D eigenvalue weighted by Gasteiger charge is -2.02. The molecule has 0 saturated heterocycles. The fourth-order valence-corrected chi connectivity index (χ4v) is 1.91. The van der Waals surface area contributed by atoms with Crippen molar-refractivity contribution in [2.45, 2.75) is 57.9 Å².